The lowest BCUT2D eigenvalue weighted by Gasteiger charge is -2.12. The Labute approximate surface area is 204 Å². The molecular weight excluding hydrogens is 503 g/mol. The van der Waals surface area contributed by atoms with E-state index >= 15 is 0 Å². The SMILES string of the molecule is O=C(CSc1nc2c(sc3ncccc32)c(=O)n1Cc1cccs1)Nc1ccc(F)cc1Cl. The molecule has 0 fully saturated rings. The molecule has 4 heterocycles. The monoisotopic (exact) mass is 516 g/mol. The maximum Gasteiger partial charge on any atom is 0.272 e. The van der Waals surface area contributed by atoms with Gasteiger partial charge in [-0.3, -0.25) is 14.2 Å². The van der Waals surface area contributed by atoms with Gasteiger partial charge in [-0.05, 0) is 41.8 Å². The molecule has 5 rings (SSSR count). The molecule has 0 radical (unpaired) electrons. The first kappa shape index (κ1) is 22.0. The van der Waals surface area contributed by atoms with Crippen molar-refractivity contribution in [3.05, 3.63) is 80.1 Å². The van der Waals surface area contributed by atoms with Crippen LogP contribution >= 0.6 is 46.0 Å². The molecular formula is C22H14ClFN4O2S3. The minimum absolute atomic E-state index is 0.00356. The smallest absolute Gasteiger partial charge is 0.272 e. The first-order valence-electron chi connectivity index (χ1n) is 9.68. The zero-order valence-corrected chi connectivity index (χ0v) is 20.0. The van der Waals surface area contributed by atoms with Crippen LogP contribution in [0.15, 0.2) is 64.0 Å². The quantitative estimate of drug-likeness (QED) is 0.233. The van der Waals surface area contributed by atoms with Gasteiger partial charge in [-0.25, -0.2) is 14.4 Å². The third-order valence-corrected chi connectivity index (χ3v) is 7.99. The second-order valence-electron chi connectivity index (χ2n) is 6.96. The predicted octanol–water partition coefficient (Wildman–Crippen LogP) is 5.64. The summed E-state index contributed by atoms with van der Waals surface area (Å²) in [5, 5.41) is 5.97. The van der Waals surface area contributed by atoms with Crippen molar-refractivity contribution in [3.8, 4) is 0 Å². The normalized spacial score (nSPS) is 11.3. The van der Waals surface area contributed by atoms with E-state index in [1.807, 2.05) is 23.6 Å². The molecule has 5 aromatic rings. The van der Waals surface area contributed by atoms with Crippen molar-refractivity contribution in [1.29, 1.82) is 0 Å². The van der Waals surface area contributed by atoms with Crippen LogP contribution in [0.4, 0.5) is 10.1 Å². The van der Waals surface area contributed by atoms with E-state index in [4.69, 9.17) is 16.6 Å². The van der Waals surface area contributed by atoms with Gasteiger partial charge in [-0.2, -0.15) is 0 Å². The van der Waals surface area contributed by atoms with Gasteiger partial charge in [0.05, 0.1) is 28.5 Å². The summed E-state index contributed by atoms with van der Waals surface area (Å²) in [6.45, 7) is 0.356. The number of rotatable bonds is 6. The van der Waals surface area contributed by atoms with Crippen molar-refractivity contribution in [3.63, 3.8) is 0 Å². The van der Waals surface area contributed by atoms with E-state index in [1.165, 1.54) is 23.5 Å². The lowest BCUT2D eigenvalue weighted by molar-refractivity contribution is -0.113. The molecule has 0 saturated carbocycles. The predicted molar refractivity (Wildman–Crippen MR) is 133 cm³/mol. The van der Waals surface area contributed by atoms with Gasteiger partial charge in [-0.1, -0.05) is 29.4 Å². The molecule has 33 heavy (non-hydrogen) atoms. The maximum atomic E-state index is 13.4. The molecule has 0 aliphatic rings. The van der Waals surface area contributed by atoms with Crippen molar-refractivity contribution in [2.24, 2.45) is 0 Å². The number of halogens is 2. The van der Waals surface area contributed by atoms with Crippen LogP contribution in [0.2, 0.25) is 5.02 Å². The highest BCUT2D eigenvalue weighted by atomic mass is 35.5. The summed E-state index contributed by atoms with van der Waals surface area (Å²) in [5.74, 6) is -0.835. The van der Waals surface area contributed by atoms with Gasteiger partial charge in [0.2, 0.25) is 5.91 Å². The standard InChI is InChI=1S/C22H14ClFN4O2S3/c23-15-9-12(24)5-6-16(15)26-17(29)11-32-22-27-18-14-4-1-7-25-20(14)33-19(18)21(30)28(22)10-13-3-2-8-31-13/h1-9H,10-11H2,(H,26,29). The third kappa shape index (κ3) is 4.51. The lowest BCUT2D eigenvalue weighted by atomic mass is 10.3. The van der Waals surface area contributed by atoms with Gasteiger partial charge in [0.15, 0.2) is 5.16 Å². The van der Waals surface area contributed by atoms with E-state index in [0.717, 1.165) is 32.9 Å². The Morgan fingerprint density at radius 3 is 2.91 bits per heavy atom. The number of benzene rings is 1. The van der Waals surface area contributed by atoms with Gasteiger partial charge < -0.3 is 5.32 Å². The number of fused-ring (bicyclic) bond motifs is 3. The number of anilines is 1. The Morgan fingerprint density at radius 2 is 2.12 bits per heavy atom. The topological polar surface area (TPSA) is 76.9 Å². The highest BCUT2D eigenvalue weighted by Crippen LogP contribution is 2.31. The van der Waals surface area contributed by atoms with Crippen LogP contribution in [0.25, 0.3) is 20.4 Å². The van der Waals surface area contributed by atoms with Crippen molar-refractivity contribution in [2.75, 3.05) is 11.1 Å². The number of nitrogens with one attached hydrogen (secondary N) is 1. The number of nitrogens with zero attached hydrogens (tertiary/aromatic N) is 3. The lowest BCUT2D eigenvalue weighted by Crippen LogP contribution is -2.24. The molecule has 0 atom stereocenters. The highest BCUT2D eigenvalue weighted by Gasteiger charge is 2.18. The van der Waals surface area contributed by atoms with Crippen molar-refractivity contribution in [1.82, 2.24) is 14.5 Å². The van der Waals surface area contributed by atoms with Crippen LogP contribution in [-0.4, -0.2) is 26.2 Å². The van der Waals surface area contributed by atoms with Crippen molar-refractivity contribution >= 4 is 78.1 Å². The van der Waals surface area contributed by atoms with Gasteiger partial charge in [0.25, 0.3) is 5.56 Å². The summed E-state index contributed by atoms with van der Waals surface area (Å²) < 4.78 is 15.4. The Morgan fingerprint density at radius 1 is 1.24 bits per heavy atom. The Kier molecular flexibility index (Phi) is 6.15. The molecule has 1 N–H and O–H groups in total. The number of aromatic nitrogens is 3. The van der Waals surface area contributed by atoms with E-state index in [-0.39, 0.29) is 22.2 Å². The summed E-state index contributed by atoms with van der Waals surface area (Å²) in [4.78, 5) is 36.8. The Balaban J connectivity index is 1.49. The van der Waals surface area contributed by atoms with E-state index in [1.54, 1.807) is 28.2 Å². The van der Waals surface area contributed by atoms with E-state index in [0.29, 0.717) is 27.6 Å². The number of carbonyl (C=O) groups is 1. The Bertz CT molecular complexity index is 1550. The zero-order valence-electron chi connectivity index (χ0n) is 16.7. The molecule has 1 aromatic carbocycles. The van der Waals surface area contributed by atoms with Crippen LogP contribution in [0.5, 0.6) is 0 Å². The van der Waals surface area contributed by atoms with Crippen LogP contribution in [0, 0.1) is 5.82 Å². The van der Waals surface area contributed by atoms with Crippen LogP contribution in [0.1, 0.15) is 4.88 Å². The van der Waals surface area contributed by atoms with Gasteiger partial charge in [0, 0.05) is 16.5 Å². The fourth-order valence-electron chi connectivity index (χ4n) is 3.26. The molecule has 0 spiro atoms. The molecule has 0 bridgehead atoms. The molecule has 0 aliphatic heterocycles. The van der Waals surface area contributed by atoms with Crippen LogP contribution < -0.4 is 10.9 Å². The number of hydrogen-bond acceptors (Lipinski definition) is 7. The number of carbonyl (C=O) groups excluding carboxylic acids is 1. The summed E-state index contributed by atoms with van der Waals surface area (Å²) in [6.07, 6.45) is 1.68. The molecule has 0 aliphatic carbocycles. The summed E-state index contributed by atoms with van der Waals surface area (Å²) in [7, 11) is 0. The second-order valence-corrected chi connectivity index (χ2v) is 10.3. The van der Waals surface area contributed by atoms with Crippen LogP contribution in [-0.2, 0) is 11.3 Å². The second kappa shape index (κ2) is 9.22. The van der Waals surface area contributed by atoms with Gasteiger partial charge in [0.1, 0.15) is 15.3 Å². The highest BCUT2D eigenvalue weighted by molar-refractivity contribution is 7.99. The minimum Gasteiger partial charge on any atom is -0.324 e. The summed E-state index contributed by atoms with van der Waals surface area (Å²) >= 11 is 10.0. The molecule has 4 aromatic heterocycles. The Hall–Kier alpha value is -2.79. The van der Waals surface area contributed by atoms with E-state index < -0.39 is 5.82 Å². The first-order valence-corrected chi connectivity index (χ1v) is 12.7. The molecule has 166 valence electrons. The minimum atomic E-state index is -0.486. The molecule has 0 saturated heterocycles. The van der Waals surface area contributed by atoms with Crippen molar-refractivity contribution in [2.45, 2.75) is 11.7 Å². The van der Waals surface area contributed by atoms with E-state index in [9.17, 15) is 14.0 Å². The fourth-order valence-corrected chi connectivity index (χ4v) is 5.99. The van der Waals surface area contributed by atoms with Gasteiger partial charge in [-0.15, -0.1) is 22.7 Å². The number of thiophene rings is 2. The van der Waals surface area contributed by atoms with E-state index in [2.05, 4.69) is 10.3 Å². The summed E-state index contributed by atoms with van der Waals surface area (Å²) in [6, 6.07) is 11.3. The van der Waals surface area contributed by atoms with Crippen molar-refractivity contribution < 1.29 is 9.18 Å². The average molecular weight is 517 g/mol. The molecule has 0 unspecified atom stereocenters. The summed E-state index contributed by atoms with van der Waals surface area (Å²) in [5.41, 5.74) is 0.735. The van der Waals surface area contributed by atoms with Crippen LogP contribution in [0.3, 0.4) is 0 Å². The molecule has 1 amide bonds. The third-order valence-electron chi connectivity index (χ3n) is 4.75. The first-order chi connectivity index (χ1) is 16.0. The molecule has 6 nitrogen and oxygen atoms in total. The number of pyridine rings is 1. The fraction of sp³-hybridized carbons (Fsp3) is 0.0909. The maximum absolute atomic E-state index is 13.4. The number of thioether (sulfide) groups is 1. The zero-order chi connectivity index (χ0) is 22.9. The molecule has 11 heteroatoms. The average Bonchev–Trinajstić information content (AvgIpc) is 3.44. The number of amides is 1. The number of hydrogen-bond donors (Lipinski definition) is 1. The van der Waals surface area contributed by atoms with Gasteiger partial charge >= 0.3 is 0 Å². The largest absolute Gasteiger partial charge is 0.324 e.